The lowest BCUT2D eigenvalue weighted by molar-refractivity contribution is 0.393. The Morgan fingerprint density at radius 1 is 1.22 bits per heavy atom. The minimum Gasteiger partial charge on any atom is -0.496 e. The van der Waals surface area contributed by atoms with Crippen molar-refractivity contribution in [3.05, 3.63) is 29.8 Å². The van der Waals surface area contributed by atoms with E-state index in [4.69, 9.17) is 4.74 Å². The summed E-state index contributed by atoms with van der Waals surface area (Å²) >= 11 is 0. The molecule has 0 fully saturated rings. The summed E-state index contributed by atoms with van der Waals surface area (Å²) in [5.41, 5.74) is 1.33. The summed E-state index contributed by atoms with van der Waals surface area (Å²) in [7, 11) is 1.75. The van der Waals surface area contributed by atoms with Crippen LogP contribution in [0.5, 0.6) is 5.75 Å². The van der Waals surface area contributed by atoms with Crippen molar-refractivity contribution < 1.29 is 4.74 Å². The Labute approximate surface area is 112 Å². The first-order valence-corrected chi connectivity index (χ1v) is 7.14. The van der Waals surface area contributed by atoms with Gasteiger partial charge in [0, 0.05) is 0 Å². The molecule has 1 atom stereocenters. The van der Waals surface area contributed by atoms with Gasteiger partial charge in [0.2, 0.25) is 0 Å². The topological polar surface area (TPSA) is 21.3 Å². The molecule has 0 aromatic heterocycles. The maximum absolute atomic E-state index is 5.43. The smallest absolute Gasteiger partial charge is 0.122 e. The Morgan fingerprint density at radius 2 is 2.00 bits per heavy atom. The van der Waals surface area contributed by atoms with E-state index in [0.29, 0.717) is 5.92 Å². The van der Waals surface area contributed by atoms with Gasteiger partial charge in [-0.3, -0.25) is 0 Å². The zero-order valence-corrected chi connectivity index (χ0v) is 12.0. The Bertz CT molecular complexity index is 317. The largest absolute Gasteiger partial charge is 0.496 e. The maximum atomic E-state index is 5.43. The number of methoxy groups -OCH3 is 1. The molecule has 0 aliphatic rings. The highest BCUT2D eigenvalue weighted by Crippen LogP contribution is 2.23. The van der Waals surface area contributed by atoms with Crippen LogP contribution in [0.3, 0.4) is 0 Å². The van der Waals surface area contributed by atoms with E-state index < -0.39 is 0 Å². The van der Waals surface area contributed by atoms with Crippen molar-refractivity contribution in [1.82, 2.24) is 5.32 Å². The molecule has 0 aliphatic heterocycles. The zero-order chi connectivity index (χ0) is 13.2. The van der Waals surface area contributed by atoms with E-state index >= 15 is 0 Å². The van der Waals surface area contributed by atoms with Gasteiger partial charge in [0.25, 0.3) is 0 Å². The van der Waals surface area contributed by atoms with E-state index in [1.54, 1.807) is 7.11 Å². The third-order valence-electron chi connectivity index (χ3n) is 3.35. The van der Waals surface area contributed by atoms with Gasteiger partial charge >= 0.3 is 0 Å². The lowest BCUT2D eigenvalue weighted by Crippen LogP contribution is -2.24. The van der Waals surface area contributed by atoms with E-state index in [-0.39, 0.29) is 0 Å². The fourth-order valence-corrected chi connectivity index (χ4v) is 2.30. The van der Waals surface area contributed by atoms with Crippen LogP contribution in [-0.4, -0.2) is 20.2 Å². The van der Waals surface area contributed by atoms with Crippen LogP contribution in [-0.2, 0) is 6.42 Å². The molecule has 0 bridgehead atoms. The van der Waals surface area contributed by atoms with Crippen molar-refractivity contribution in [2.45, 2.75) is 39.5 Å². The summed E-state index contributed by atoms with van der Waals surface area (Å²) in [4.78, 5) is 0. The van der Waals surface area contributed by atoms with Gasteiger partial charge in [0.15, 0.2) is 0 Å². The summed E-state index contributed by atoms with van der Waals surface area (Å²) in [5, 5.41) is 3.47. The van der Waals surface area contributed by atoms with Crippen molar-refractivity contribution in [3.63, 3.8) is 0 Å². The van der Waals surface area contributed by atoms with E-state index in [9.17, 15) is 0 Å². The summed E-state index contributed by atoms with van der Waals surface area (Å²) in [6, 6.07) is 8.37. The standard InChI is InChI=1S/C16H27NO/c1-4-6-9-14(13-17-5-2)12-15-10-7-8-11-16(15)18-3/h7-8,10-11,14,17H,4-6,9,12-13H2,1-3H3. The fourth-order valence-electron chi connectivity index (χ4n) is 2.30. The summed E-state index contributed by atoms with van der Waals surface area (Å²) in [5.74, 6) is 1.73. The predicted molar refractivity (Wildman–Crippen MR) is 78.3 cm³/mol. The first kappa shape index (κ1) is 15.0. The molecule has 0 saturated carbocycles. The Kier molecular flexibility index (Phi) is 7.51. The number of para-hydroxylation sites is 1. The van der Waals surface area contributed by atoms with Gasteiger partial charge in [-0.25, -0.2) is 0 Å². The SMILES string of the molecule is CCCCC(CNCC)Cc1ccccc1OC. The molecule has 0 aliphatic carbocycles. The van der Waals surface area contributed by atoms with Gasteiger partial charge in [0.05, 0.1) is 7.11 Å². The summed E-state index contributed by atoms with van der Waals surface area (Å²) in [6.07, 6.45) is 4.98. The average molecular weight is 249 g/mol. The average Bonchev–Trinajstić information content (AvgIpc) is 2.42. The van der Waals surface area contributed by atoms with Crippen LogP contribution in [0.2, 0.25) is 0 Å². The molecule has 0 spiro atoms. The third-order valence-corrected chi connectivity index (χ3v) is 3.35. The van der Waals surface area contributed by atoms with Crippen LogP contribution < -0.4 is 10.1 Å². The molecule has 2 heteroatoms. The van der Waals surface area contributed by atoms with Gasteiger partial charge < -0.3 is 10.1 Å². The van der Waals surface area contributed by atoms with E-state index in [2.05, 4.69) is 37.4 Å². The highest BCUT2D eigenvalue weighted by atomic mass is 16.5. The van der Waals surface area contributed by atoms with Gasteiger partial charge in [0.1, 0.15) is 5.75 Å². The highest BCUT2D eigenvalue weighted by Gasteiger charge is 2.11. The highest BCUT2D eigenvalue weighted by molar-refractivity contribution is 5.33. The number of benzene rings is 1. The quantitative estimate of drug-likeness (QED) is 0.721. The minimum atomic E-state index is 0.709. The zero-order valence-electron chi connectivity index (χ0n) is 12.0. The minimum absolute atomic E-state index is 0.709. The van der Waals surface area contributed by atoms with Gasteiger partial charge in [-0.05, 0) is 43.5 Å². The second kappa shape index (κ2) is 8.98. The molecule has 0 radical (unpaired) electrons. The van der Waals surface area contributed by atoms with Crippen molar-refractivity contribution in [2.24, 2.45) is 5.92 Å². The van der Waals surface area contributed by atoms with E-state index in [0.717, 1.165) is 25.3 Å². The Balaban J connectivity index is 2.62. The molecule has 1 aromatic carbocycles. The number of ether oxygens (including phenoxy) is 1. The molecule has 0 saturated heterocycles. The molecule has 0 heterocycles. The number of hydrogen-bond acceptors (Lipinski definition) is 2. The van der Waals surface area contributed by atoms with Crippen molar-refractivity contribution in [1.29, 1.82) is 0 Å². The molecule has 18 heavy (non-hydrogen) atoms. The molecule has 2 nitrogen and oxygen atoms in total. The van der Waals surface area contributed by atoms with Crippen molar-refractivity contribution in [2.75, 3.05) is 20.2 Å². The molecular formula is C16H27NO. The van der Waals surface area contributed by atoms with Crippen molar-refractivity contribution >= 4 is 0 Å². The molecule has 1 rings (SSSR count). The Hall–Kier alpha value is -1.02. The molecule has 1 unspecified atom stereocenters. The molecule has 0 amide bonds. The number of hydrogen-bond donors (Lipinski definition) is 1. The lowest BCUT2D eigenvalue weighted by Gasteiger charge is -2.18. The van der Waals surface area contributed by atoms with Gasteiger partial charge in [-0.1, -0.05) is 44.9 Å². The van der Waals surface area contributed by atoms with Crippen LogP contribution in [0.25, 0.3) is 0 Å². The van der Waals surface area contributed by atoms with Crippen LogP contribution in [0.1, 0.15) is 38.7 Å². The maximum Gasteiger partial charge on any atom is 0.122 e. The van der Waals surface area contributed by atoms with E-state index in [1.165, 1.54) is 24.8 Å². The third kappa shape index (κ3) is 5.09. The fraction of sp³-hybridized carbons (Fsp3) is 0.625. The summed E-state index contributed by atoms with van der Waals surface area (Å²) in [6.45, 7) is 6.58. The molecular weight excluding hydrogens is 222 g/mol. The normalized spacial score (nSPS) is 12.4. The van der Waals surface area contributed by atoms with Crippen LogP contribution >= 0.6 is 0 Å². The van der Waals surface area contributed by atoms with E-state index in [1.807, 2.05) is 6.07 Å². The van der Waals surface area contributed by atoms with Gasteiger partial charge in [-0.2, -0.15) is 0 Å². The first-order chi connectivity index (χ1) is 8.81. The molecule has 1 aromatic rings. The number of nitrogens with one attached hydrogen (secondary N) is 1. The second-order valence-corrected chi connectivity index (χ2v) is 4.83. The first-order valence-electron chi connectivity index (χ1n) is 7.14. The summed E-state index contributed by atoms with van der Waals surface area (Å²) < 4.78 is 5.43. The van der Waals surface area contributed by atoms with Crippen LogP contribution in [0, 0.1) is 5.92 Å². The van der Waals surface area contributed by atoms with Crippen LogP contribution in [0.4, 0.5) is 0 Å². The van der Waals surface area contributed by atoms with Gasteiger partial charge in [-0.15, -0.1) is 0 Å². The van der Waals surface area contributed by atoms with Crippen molar-refractivity contribution in [3.8, 4) is 5.75 Å². The molecule has 1 N–H and O–H groups in total. The lowest BCUT2D eigenvalue weighted by atomic mass is 9.93. The number of unbranched alkanes of at least 4 members (excludes halogenated alkanes) is 1. The molecule has 102 valence electrons. The van der Waals surface area contributed by atoms with Crippen LogP contribution in [0.15, 0.2) is 24.3 Å². The number of rotatable bonds is 9. The second-order valence-electron chi connectivity index (χ2n) is 4.83. The predicted octanol–water partition coefficient (Wildman–Crippen LogP) is 3.65. The monoisotopic (exact) mass is 249 g/mol. The Morgan fingerprint density at radius 3 is 2.67 bits per heavy atom.